The average molecular weight is 318 g/mol. The molecule has 6 heteroatoms. The highest BCUT2D eigenvalue weighted by Gasteiger charge is 2.32. The van der Waals surface area contributed by atoms with Crippen molar-refractivity contribution in [2.24, 2.45) is 0 Å². The van der Waals surface area contributed by atoms with Gasteiger partial charge in [0, 0.05) is 0 Å². The van der Waals surface area contributed by atoms with Gasteiger partial charge in [0.15, 0.2) is 5.76 Å². The molecule has 0 unspecified atom stereocenters. The molecule has 22 heavy (non-hydrogen) atoms. The minimum Gasteiger partial charge on any atom is -0.539 e. The molecule has 0 aliphatic rings. The number of ether oxygens (including phenoxy) is 1. The van der Waals surface area contributed by atoms with E-state index in [1.807, 2.05) is 52.5 Å². The van der Waals surface area contributed by atoms with E-state index in [9.17, 15) is 4.79 Å². The fourth-order valence-corrected chi connectivity index (χ4v) is 2.93. The summed E-state index contributed by atoms with van der Waals surface area (Å²) < 4.78 is 10.9. The molecule has 0 amide bonds. The van der Waals surface area contributed by atoms with Crippen molar-refractivity contribution in [1.82, 2.24) is 0 Å². The summed E-state index contributed by atoms with van der Waals surface area (Å²) in [5, 5.41) is 0. The van der Waals surface area contributed by atoms with E-state index < -0.39 is 14.3 Å². The van der Waals surface area contributed by atoms with Crippen molar-refractivity contribution >= 4 is 20.0 Å². The Morgan fingerprint density at radius 3 is 2.09 bits per heavy atom. The summed E-state index contributed by atoms with van der Waals surface area (Å²) in [6, 6.07) is 3.83. The summed E-state index contributed by atoms with van der Waals surface area (Å²) in [5.74, 6) is -0.313. The topological polar surface area (TPSA) is 71.9 Å². The maximum atomic E-state index is 12.2. The van der Waals surface area contributed by atoms with Gasteiger partial charge in [-0.15, -0.1) is 0 Å². The molecule has 0 aromatic heterocycles. The molecule has 0 aliphatic heterocycles. The third kappa shape index (κ3) is 4.68. The van der Waals surface area contributed by atoms with Crippen molar-refractivity contribution in [3.63, 3.8) is 0 Å². The Kier molecular flexibility index (Phi) is 5.47. The van der Waals surface area contributed by atoms with Crippen LogP contribution in [0.25, 0.3) is 5.53 Å². The lowest BCUT2D eigenvalue weighted by Gasteiger charge is -2.18. The fraction of sp³-hybridized carbons (Fsp3) is 0.375. The molecule has 5 nitrogen and oxygen atoms in total. The van der Waals surface area contributed by atoms with Crippen LogP contribution in [0.5, 0.6) is 5.75 Å². The molecule has 118 valence electrons. The number of hydrogen-bond donors (Lipinski definition) is 0. The maximum absolute atomic E-state index is 12.2. The summed E-state index contributed by atoms with van der Waals surface area (Å²) in [6.45, 7) is 15.1. The smallest absolute Gasteiger partial charge is 0.438 e. The van der Waals surface area contributed by atoms with Crippen LogP contribution in [-0.4, -0.2) is 24.8 Å². The van der Waals surface area contributed by atoms with Crippen molar-refractivity contribution in [3.8, 4) is 5.75 Å². The first-order valence-corrected chi connectivity index (χ1v) is 10.4. The number of nitrogens with zero attached hydrogens (tertiary/aromatic N) is 2. The molecule has 0 fully saturated rings. The molecule has 0 bridgehead atoms. The van der Waals surface area contributed by atoms with Crippen molar-refractivity contribution < 1.29 is 18.7 Å². The molecule has 1 rings (SSSR count). The molecule has 0 atom stereocenters. The first kappa shape index (κ1) is 17.9. The standard InChI is InChI=1S/C16H22N2O3Si/c1-10-8-11(2)15(12(3)9-10)20-16(19)14(18-17)13(4)21-22(5,6)7/h8-9H,4H2,1-3,5-7H3. The number of hydrogen-bond acceptors (Lipinski definition) is 3. The number of esters is 1. The second-order valence-corrected chi connectivity index (χ2v) is 10.6. The minimum atomic E-state index is -1.97. The van der Waals surface area contributed by atoms with E-state index in [0.29, 0.717) is 5.75 Å². The molecule has 1 aromatic rings. The van der Waals surface area contributed by atoms with Crippen LogP contribution in [0.3, 0.4) is 0 Å². The second kappa shape index (κ2) is 6.73. The van der Waals surface area contributed by atoms with Gasteiger partial charge in [0.1, 0.15) is 5.75 Å². The minimum absolute atomic E-state index is 0.0223. The number of carbonyl (C=O) groups is 1. The van der Waals surface area contributed by atoms with E-state index in [1.165, 1.54) is 0 Å². The molecule has 0 aliphatic carbocycles. The zero-order valence-corrected chi connectivity index (χ0v) is 15.0. The lowest BCUT2D eigenvalue weighted by molar-refractivity contribution is -0.131. The molecule has 0 spiro atoms. The van der Waals surface area contributed by atoms with Crippen LogP contribution in [0, 0.1) is 20.8 Å². The SMILES string of the molecule is C=C(O[Si](C)(C)C)C(=[N+]=[N-])C(=O)Oc1c(C)cc(C)cc1C. The zero-order chi connectivity index (χ0) is 17.1. The van der Waals surface area contributed by atoms with Gasteiger partial charge in [-0.25, -0.2) is 4.79 Å². The Morgan fingerprint density at radius 2 is 1.68 bits per heavy atom. The number of aryl methyl sites for hydroxylation is 3. The van der Waals surface area contributed by atoms with Crippen LogP contribution >= 0.6 is 0 Å². The van der Waals surface area contributed by atoms with E-state index in [4.69, 9.17) is 14.7 Å². The monoisotopic (exact) mass is 318 g/mol. The van der Waals surface area contributed by atoms with Crippen molar-refractivity contribution in [2.45, 2.75) is 40.4 Å². The van der Waals surface area contributed by atoms with Crippen LogP contribution < -0.4 is 4.74 Å². The van der Waals surface area contributed by atoms with Crippen molar-refractivity contribution in [1.29, 1.82) is 0 Å². The summed E-state index contributed by atoms with van der Waals surface area (Å²) in [7, 11) is -1.97. The number of benzene rings is 1. The van der Waals surface area contributed by atoms with Gasteiger partial charge >= 0.3 is 11.7 Å². The lowest BCUT2D eigenvalue weighted by atomic mass is 10.1. The largest absolute Gasteiger partial charge is 0.539 e. The summed E-state index contributed by atoms with van der Waals surface area (Å²) in [6.07, 6.45) is 0. The highest BCUT2D eigenvalue weighted by molar-refractivity contribution is 6.70. The molecule has 0 N–H and O–H groups in total. The Labute approximate surface area is 132 Å². The lowest BCUT2D eigenvalue weighted by Crippen LogP contribution is -2.32. The van der Waals surface area contributed by atoms with Gasteiger partial charge in [-0.2, -0.15) is 4.79 Å². The van der Waals surface area contributed by atoms with E-state index in [0.717, 1.165) is 16.7 Å². The normalized spacial score (nSPS) is 10.6. The predicted octanol–water partition coefficient (Wildman–Crippen LogP) is 3.55. The quantitative estimate of drug-likeness (QED) is 0.158. The third-order valence-corrected chi connectivity index (χ3v) is 3.65. The molecule has 0 saturated heterocycles. The second-order valence-electron chi connectivity index (χ2n) is 6.20. The van der Waals surface area contributed by atoms with Gasteiger partial charge in [0.25, 0.3) is 0 Å². The highest BCUT2D eigenvalue weighted by atomic mass is 28.4. The maximum Gasteiger partial charge on any atom is 0.438 e. The van der Waals surface area contributed by atoms with Gasteiger partial charge in [-0.05, 0) is 58.1 Å². The van der Waals surface area contributed by atoms with E-state index in [-0.39, 0.29) is 11.5 Å². The number of carbonyl (C=O) groups excluding carboxylic acids is 1. The van der Waals surface area contributed by atoms with Gasteiger partial charge in [-0.1, -0.05) is 17.7 Å². The summed E-state index contributed by atoms with van der Waals surface area (Å²) in [5.41, 5.74) is 11.5. The predicted molar refractivity (Wildman–Crippen MR) is 88.5 cm³/mol. The van der Waals surface area contributed by atoms with Gasteiger partial charge in [0.2, 0.25) is 8.32 Å². The van der Waals surface area contributed by atoms with Crippen molar-refractivity contribution in [2.75, 3.05) is 0 Å². The van der Waals surface area contributed by atoms with Crippen LogP contribution in [-0.2, 0) is 9.22 Å². The Bertz CT molecular complexity index is 645. The van der Waals surface area contributed by atoms with E-state index >= 15 is 0 Å². The first-order chi connectivity index (χ1) is 10.0. The third-order valence-electron chi connectivity index (χ3n) is 2.79. The Balaban J connectivity index is 3.02. The van der Waals surface area contributed by atoms with Gasteiger partial charge < -0.3 is 14.7 Å². The molecular formula is C16H22N2O3Si. The fourth-order valence-electron chi connectivity index (χ4n) is 2.10. The Morgan fingerprint density at radius 1 is 1.18 bits per heavy atom. The average Bonchev–Trinajstić information content (AvgIpc) is 2.32. The van der Waals surface area contributed by atoms with Crippen molar-refractivity contribution in [3.05, 3.63) is 46.7 Å². The van der Waals surface area contributed by atoms with Crippen LogP contribution in [0.15, 0.2) is 24.5 Å². The van der Waals surface area contributed by atoms with E-state index in [2.05, 4.69) is 11.4 Å². The molecule has 1 aromatic carbocycles. The van der Waals surface area contributed by atoms with Crippen LogP contribution in [0.2, 0.25) is 19.6 Å². The van der Waals surface area contributed by atoms with Crippen LogP contribution in [0.1, 0.15) is 16.7 Å². The van der Waals surface area contributed by atoms with Crippen LogP contribution in [0.4, 0.5) is 0 Å². The van der Waals surface area contributed by atoms with Gasteiger partial charge in [0.05, 0.1) is 0 Å². The molecule has 0 radical (unpaired) electrons. The van der Waals surface area contributed by atoms with E-state index in [1.54, 1.807) is 0 Å². The zero-order valence-electron chi connectivity index (χ0n) is 14.0. The number of rotatable bonds is 5. The molecule has 0 saturated carbocycles. The Hall–Kier alpha value is -2.17. The molecular weight excluding hydrogens is 296 g/mol. The summed E-state index contributed by atoms with van der Waals surface area (Å²) in [4.78, 5) is 15.2. The van der Waals surface area contributed by atoms with Gasteiger partial charge in [-0.3, -0.25) is 0 Å². The highest BCUT2D eigenvalue weighted by Crippen LogP contribution is 2.25. The molecule has 0 heterocycles. The summed E-state index contributed by atoms with van der Waals surface area (Å²) >= 11 is 0. The first-order valence-electron chi connectivity index (χ1n) is 6.95.